The minimum Gasteiger partial charge on any atom is -0.371 e. The van der Waals surface area contributed by atoms with Crippen LogP contribution in [-0.2, 0) is 10.3 Å². The van der Waals surface area contributed by atoms with Crippen LogP contribution in [0.5, 0.6) is 5.75 Å². The van der Waals surface area contributed by atoms with Gasteiger partial charge in [0.15, 0.2) is 0 Å². The number of rotatable bonds is 5. The largest absolute Gasteiger partial charge is 0.380 e. The van der Waals surface area contributed by atoms with E-state index in [9.17, 15) is 8.42 Å². The lowest BCUT2D eigenvalue weighted by Crippen LogP contribution is -2.19. The molecule has 0 amide bonds. The third kappa shape index (κ3) is 3.33. The van der Waals surface area contributed by atoms with E-state index in [2.05, 4.69) is 24.0 Å². The molecule has 0 aliphatic heterocycles. The topological polar surface area (TPSA) is 108 Å². The predicted molar refractivity (Wildman–Crippen MR) is 99.2 cm³/mol. The van der Waals surface area contributed by atoms with Gasteiger partial charge in [-0.15, -0.1) is 0 Å². The van der Waals surface area contributed by atoms with Crippen LogP contribution < -0.4 is 9.32 Å². The number of aromatic nitrogens is 2. The molecule has 4 rings (SSSR count). The van der Waals surface area contributed by atoms with E-state index in [0.29, 0.717) is 11.7 Å². The number of nitrogens with zero attached hydrogens (tertiary/aromatic N) is 2. The molecule has 2 N–H and O–H groups in total. The van der Waals surface area contributed by atoms with Crippen LogP contribution in [0.2, 0.25) is 0 Å². The molecule has 1 aliphatic carbocycles. The first kappa shape index (κ1) is 17.7. The average Bonchev–Trinajstić information content (AvgIpc) is 2.95. The summed E-state index contributed by atoms with van der Waals surface area (Å²) in [6.45, 7) is 4.14. The highest BCUT2D eigenvalue weighted by Gasteiger charge is 2.62. The zero-order chi connectivity index (χ0) is 19.2. The molecular formula is C19H19N3O4S. The van der Waals surface area contributed by atoms with E-state index in [1.54, 1.807) is 12.1 Å². The summed E-state index contributed by atoms with van der Waals surface area (Å²) in [5.41, 5.74) is 1.43. The van der Waals surface area contributed by atoms with Crippen molar-refractivity contribution in [1.29, 1.82) is 0 Å². The summed E-state index contributed by atoms with van der Waals surface area (Å²) in [6, 6.07) is 16.5. The lowest BCUT2D eigenvalue weighted by molar-refractivity contribution is 0.368. The molecule has 1 aliphatic rings. The van der Waals surface area contributed by atoms with Gasteiger partial charge in [-0.25, -0.2) is 0 Å². The van der Waals surface area contributed by atoms with Crippen molar-refractivity contribution >= 4 is 10.3 Å². The maximum absolute atomic E-state index is 11.4. The molecule has 3 aromatic rings. The Hall–Kier alpha value is -2.71. The Morgan fingerprint density at radius 3 is 2.41 bits per heavy atom. The summed E-state index contributed by atoms with van der Waals surface area (Å²) in [6.07, 6.45) is 0. The van der Waals surface area contributed by atoms with Crippen LogP contribution in [0.4, 0.5) is 0 Å². The molecular weight excluding hydrogens is 366 g/mol. The van der Waals surface area contributed by atoms with Crippen molar-refractivity contribution in [1.82, 2.24) is 10.1 Å². The van der Waals surface area contributed by atoms with Gasteiger partial charge in [-0.2, -0.15) is 18.5 Å². The maximum Gasteiger partial charge on any atom is 0.380 e. The Kier molecular flexibility index (Phi) is 4.05. The number of hydrogen-bond donors (Lipinski definition) is 1. The molecule has 0 bridgehead atoms. The van der Waals surface area contributed by atoms with Gasteiger partial charge in [0.05, 0.1) is 5.92 Å². The van der Waals surface area contributed by atoms with Gasteiger partial charge in [-0.05, 0) is 11.5 Å². The van der Waals surface area contributed by atoms with Crippen LogP contribution in [-0.4, -0.2) is 18.6 Å². The molecule has 2 aromatic carbocycles. The molecule has 7 nitrogen and oxygen atoms in total. The van der Waals surface area contributed by atoms with Gasteiger partial charge in [-0.1, -0.05) is 67.5 Å². The van der Waals surface area contributed by atoms with E-state index in [-0.39, 0.29) is 23.0 Å². The second kappa shape index (κ2) is 6.17. The minimum atomic E-state index is -4.11. The lowest BCUT2D eigenvalue weighted by Gasteiger charge is -2.09. The molecule has 1 fully saturated rings. The van der Waals surface area contributed by atoms with E-state index < -0.39 is 10.3 Å². The molecule has 27 heavy (non-hydrogen) atoms. The first-order valence-electron chi connectivity index (χ1n) is 8.47. The fourth-order valence-electron chi connectivity index (χ4n) is 3.68. The van der Waals surface area contributed by atoms with Gasteiger partial charge in [0, 0.05) is 17.0 Å². The zero-order valence-electron chi connectivity index (χ0n) is 14.9. The van der Waals surface area contributed by atoms with Gasteiger partial charge >= 0.3 is 10.3 Å². The van der Waals surface area contributed by atoms with E-state index in [4.69, 9.17) is 13.8 Å². The van der Waals surface area contributed by atoms with Crippen LogP contribution in [0, 0.1) is 5.41 Å². The number of hydrogen-bond acceptors (Lipinski definition) is 6. The standard InChI is InChI=1S/C19H19N3O4S/c1-19(2)15(13-10-6-7-11-14(13)26-27(20,23)24)16(19)18-21-17(22-25-18)12-8-4-3-5-9-12/h3-11,15-16H,1-2H3,(H2,20,23,24). The molecule has 0 spiro atoms. The quantitative estimate of drug-likeness (QED) is 0.722. The average molecular weight is 385 g/mol. The molecule has 2 unspecified atom stereocenters. The molecule has 140 valence electrons. The molecule has 8 heteroatoms. The molecule has 0 saturated heterocycles. The normalized spacial score (nSPS) is 21.0. The minimum absolute atomic E-state index is 0.0282. The molecule has 1 heterocycles. The smallest absolute Gasteiger partial charge is 0.371 e. The Balaban J connectivity index is 1.67. The third-order valence-electron chi connectivity index (χ3n) is 5.03. The first-order valence-corrected chi connectivity index (χ1v) is 9.94. The highest BCUT2D eigenvalue weighted by atomic mass is 32.2. The van der Waals surface area contributed by atoms with E-state index in [0.717, 1.165) is 11.1 Å². The monoisotopic (exact) mass is 385 g/mol. The van der Waals surface area contributed by atoms with Crippen molar-refractivity contribution in [3.8, 4) is 17.1 Å². The summed E-state index contributed by atoms with van der Waals surface area (Å²) >= 11 is 0. The second-order valence-electron chi connectivity index (χ2n) is 7.21. The van der Waals surface area contributed by atoms with Crippen molar-refractivity contribution in [3.63, 3.8) is 0 Å². The zero-order valence-corrected chi connectivity index (χ0v) is 15.7. The molecule has 1 saturated carbocycles. The van der Waals surface area contributed by atoms with Gasteiger partial charge in [0.2, 0.25) is 11.7 Å². The highest BCUT2D eigenvalue weighted by Crippen LogP contribution is 2.70. The van der Waals surface area contributed by atoms with Crippen molar-refractivity contribution in [2.75, 3.05) is 0 Å². The number of benzene rings is 2. The maximum atomic E-state index is 11.4. The molecule has 1 aromatic heterocycles. The Bertz CT molecular complexity index is 1080. The second-order valence-corrected chi connectivity index (χ2v) is 8.37. The van der Waals surface area contributed by atoms with Crippen LogP contribution >= 0.6 is 0 Å². The highest BCUT2D eigenvalue weighted by molar-refractivity contribution is 7.84. The van der Waals surface area contributed by atoms with Crippen molar-refractivity contribution in [2.24, 2.45) is 10.6 Å². The van der Waals surface area contributed by atoms with Crippen LogP contribution in [0.1, 0.15) is 37.1 Å². The fourth-order valence-corrected chi connectivity index (χ4v) is 4.09. The summed E-state index contributed by atoms with van der Waals surface area (Å²) in [7, 11) is -4.11. The van der Waals surface area contributed by atoms with Gasteiger partial charge in [0.1, 0.15) is 5.75 Å². The van der Waals surface area contributed by atoms with E-state index in [1.165, 1.54) is 0 Å². The Labute approximate surface area is 157 Å². The number of nitrogens with two attached hydrogens (primary N) is 1. The predicted octanol–water partition coefficient (Wildman–Crippen LogP) is 3.23. The summed E-state index contributed by atoms with van der Waals surface area (Å²) in [5, 5.41) is 9.14. The van der Waals surface area contributed by atoms with E-state index >= 15 is 0 Å². The van der Waals surface area contributed by atoms with Crippen LogP contribution in [0.15, 0.2) is 59.1 Å². The van der Waals surface area contributed by atoms with Crippen molar-refractivity contribution in [3.05, 3.63) is 66.1 Å². The summed E-state index contributed by atoms with van der Waals surface area (Å²) in [4.78, 5) is 4.56. The lowest BCUT2D eigenvalue weighted by atomic mass is 10.0. The van der Waals surface area contributed by atoms with Crippen LogP contribution in [0.25, 0.3) is 11.4 Å². The van der Waals surface area contributed by atoms with Gasteiger partial charge in [0.25, 0.3) is 0 Å². The number of para-hydroxylation sites is 1. The van der Waals surface area contributed by atoms with Gasteiger partial charge < -0.3 is 8.71 Å². The summed E-state index contributed by atoms with van der Waals surface area (Å²) < 4.78 is 33.3. The Morgan fingerprint density at radius 1 is 1.04 bits per heavy atom. The fraction of sp³-hybridized carbons (Fsp3) is 0.263. The van der Waals surface area contributed by atoms with Crippen molar-refractivity contribution in [2.45, 2.75) is 25.7 Å². The summed E-state index contributed by atoms with van der Waals surface area (Å²) in [5.74, 6) is 1.20. The van der Waals surface area contributed by atoms with Crippen molar-refractivity contribution < 1.29 is 17.1 Å². The molecule has 0 radical (unpaired) electrons. The Morgan fingerprint density at radius 2 is 1.70 bits per heavy atom. The molecule has 2 atom stereocenters. The van der Waals surface area contributed by atoms with Gasteiger partial charge in [-0.3, -0.25) is 0 Å². The van der Waals surface area contributed by atoms with E-state index in [1.807, 2.05) is 42.5 Å². The third-order valence-corrected chi connectivity index (χ3v) is 5.44. The van der Waals surface area contributed by atoms with Crippen LogP contribution in [0.3, 0.4) is 0 Å². The SMILES string of the molecule is CC1(C)C(c2nc(-c3ccccc3)no2)C1c1ccccc1OS(N)(=O)=O. The first-order chi connectivity index (χ1) is 12.8.